The van der Waals surface area contributed by atoms with Crippen molar-refractivity contribution in [3.05, 3.63) is 101 Å². The van der Waals surface area contributed by atoms with Gasteiger partial charge in [0, 0.05) is 42.0 Å². The molecule has 0 aliphatic rings. The van der Waals surface area contributed by atoms with Gasteiger partial charge in [-0.2, -0.15) is 0 Å². The molecule has 192 valence electrons. The van der Waals surface area contributed by atoms with Crippen LogP contribution in [0.3, 0.4) is 0 Å². The van der Waals surface area contributed by atoms with Gasteiger partial charge in [0.1, 0.15) is 0 Å². The predicted octanol–water partition coefficient (Wildman–Crippen LogP) is 4.15. The first kappa shape index (κ1) is 26.4. The van der Waals surface area contributed by atoms with Gasteiger partial charge in [0.2, 0.25) is 10.0 Å². The molecule has 4 aromatic rings. The van der Waals surface area contributed by atoms with Crippen LogP contribution in [0.4, 0.5) is 0 Å². The van der Waals surface area contributed by atoms with Gasteiger partial charge in [0.15, 0.2) is 0 Å². The monoisotopic (exact) mass is 539 g/mol. The van der Waals surface area contributed by atoms with E-state index in [0.29, 0.717) is 35.3 Å². The standard InChI is InChI=1S/C27H26ClN3O5S/c1-37(35,36)29-18-23-15-20(16-26(32)33)7-9-25(23)30-13-12-21-17-22(8-10-24(21)30)27(34)31(28)14-11-19-5-3-2-4-6-19/h2-10,12-13,15,17,29H,11,14,16,18H2,1H3,(H,32,33). The Labute approximate surface area is 220 Å². The minimum Gasteiger partial charge on any atom is -0.481 e. The number of hydrogen-bond acceptors (Lipinski definition) is 4. The molecule has 0 aliphatic carbocycles. The van der Waals surface area contributed by atoms with Crippen molar-refractivity contribution in [1.29, 1.82) is 0 Å². The molecule has 1 amide bonds. The Morgan fingerprint density at radius 3 is 2.46 bits per heavy atom. The van der Waals surface area contributed by atoms with Gasteiger partial charge in [-0.3, -0.25) is 14.0 Å². The molecule has 8 nitrogen and oxygen atoms in total. The number of hydrogen-bond donors (Lipinski definition) is 2. The number of halogens is 1. The highest BCUT2D eigenvalue weighted by Gasteiger charge is 2.17. The molecule has 10 heteroatoms. The van der Waals surface area contributed by atoms with E-state index in [1.165, 1.54) is 4.42 Å². The molecule has 0 aliphatic heterocycles. The molecule has 0 bridgehead atoms. The molecule has 0 saturated carbocycles. The average Bonchev–Trinajstić information content (AvgIpc) is 3.28. The summed E-state index contributed by atoms with van der Waals surface area (Å²) in [7, 11) is -3.46. The topological polar surface area (TPSA) is 109 Å². The van der Waals surface area contributed by atoms with E-state index in [4.69, 9.17) is 16.9 Å². The highest BCUT2D eigenvalue weighted by atomic mass is 35.5. The molecule has 37 heavy (non-hydrogen) atoms. The van der Waals surface area contributed by atoms with Crippen molar-refractivity contribution in [2.24, 2.45) is 0 Å². The third-order valence-electron chi connectivity index (χ3n) is 5.88. The van der Waals surface area contributed by atoms with Crippen LogP contribution >= 0.6 is 11.8 Å². The van der Waals surface area contributed by atoms with Gasteiger partial charge in [-0.15, -0.1) is 0 Å². The number of carbonyl (C=O) groups excluding carboxylic acids is 1. The van der Waals surface area contributed by atoms with E-state index in [1.54, 1.807) is 30.3 Å². The fourth-order valence-electron chi connectivity index (χ4n) is 4.11. The smallest absolute Gasteiger partial charge is 0.307 e. The lowest BCUT2D eigenvalue weighted by atomic mass is 10.1. The van der Waals surface area contributed by atoms with Crippen LogP contribution in [0.2, 0.25) is 0 Å². The number of nitrogens with one attached hydrogen (secondary N) is 1. The van der Waals surface area contributed by atoms with Gasteiger partial charge in [-0.05, 0) is 53.4 Å². The zero-order valence-corrected chi connectivity index (χ0v) is 21.7. The van der Waals surface area contributed by atoms with Gasteiger partial charge in [0.25, 0.3) is 5.91 Å². The molecule has 1 aromatic heterocycles. The molecular formula is C27H26ClN3O5S. The van der Waals surface area contributed by atoms with Gasteiger partial charge in [-0.1, -0.05) is 42.5 Å². The third kappa shape index (κ3) is 6.76. The molecule has 3 aromatic carbocycles. The highest BCUT2D eigenvalue weighted by Crippen LogP contribution is 2.26. The molecule has 0 radical (unpaired) electrons. The van der Waals surface area contributed by atoms with Crippen LogP contribution < -0.4 is 4.72 Å². The second kappa shape index (κ2) is 11.2. The first-order chi connectivity index (χ1) is 17.6. The van der Waals surface area contributed by atoms with Gasteiger partial charge in [0.05, 0.1) is 23.9 Å². The van der Waals surface area contributed by atoms with Crippen LogP contribution in [0.25, 0.3) is 16.6 Å². The lowest BCUT2D eigenvalue weighted by molar-refractivity contribution is -0.136. The number of nitrogens with zero attached hydrogens (tertiary/aromatic N) is 2. The average molecular weight is 540 g/mol. The molecule has 0 spiro atoms. The quantitative estimate of drug-likeness (QED) is 0.294. The van der Waals surface area contributed by atoms with Crippen molar-refractivity contribution in [1.82, 2.24) is 13.7 Å². The molecule has 1 heterocycles. The Morgan fingerprint density at radius 1 is 1.00 bits per heavy atom. The minimum atomic E-state index is -3.46. The van der Waals surface area contributed by atoms with E-state index in [2.05, 4.69) is 4.72 Å². The maximum absolute atomic E-state index is 12.9. The first-order valence-corrected chi connectivity index (χ1v) is 13.7. The summed E-state index contributed by atoms with van der Waals surface area (Å²) in [6, 6.07) is 22.1. The SMILES string of the molecule is CS(=O)(=O)NCc1cc(CC(=O)O)ccc1-n1ccc2cc(C(=O)N(Cl)CCc3ccccc3)ccc21. The van der Waals surface area contributed by atoms with E-state index in [9.17, 15) is 18.0 Å². The summed E-state index contributed by atoms with van der Waals surface area (Å²) >= 11 is 6.29. The molecule has 4 rings (SSSR count). The molecular weight excluding hydrogens is 514 g/mol. The van der Waals surface area contributed by atoms with E-state index in [1.807, 2.05) is 53.2 Å². The number of carbonyl (C=O) groups is 2. The number of aliphatic carboxylic acids is 1. The highest BCUT2D eigenvalue weighted by molar-refractivity contribution is 7.88. The van der Waals surface area contributed by atoms with Crippen molar-refractivity contribution in [3.8, 4) is 5.69 Å². The van der Waals surface area contributed by atoms with E-state index in [0.717, 1.165) is 22.7 Å². The normalized spacial score (nSPS) is 11.5. The third-order valence-corrected chi connectivity index (χ3v) is 6.87. The summed E-state index contributed by atoms with van der Waals surface area (Å²) < 4.78 is 28.9. The van der Waals surface area contributed by atoms with E-state index < -0.39 is 16.0 Å². The van der Waals surface area contributed by atoms with Crippen LogP contribution in [-0.2, 0) is 34.2 Å². The second-order valence-electron chi connectivity index (χ2n) is 8.71. The van der Waals surface area contributed by atoms with Gasteiger partial charge >= 0.3 is 5.97 Å². The number of benzene rings is 3. The Hall–Kier alpha value is -3.66. The number of sulfonamides is 1. The Kier molecular flexibility index (Phi) is 7.97. The van der Waals surface area contributed by atoms with Crippen LogP contribution in [0.1, 0.15) is 27.0 Å². The summed E-state index contributed by atoms with van der Waals surface area (Å²) in [5.41, 5.74) is 4.21. The Bertz CT molecular complexity index is 1550. The van der Waals surface area contributed by atoms with Crippen molar-refractivity contribution in [2.45, 2.75) is 19.4 Å². The largest absolute Gasteiger partial charge is 0.481 e. The lowest BCUT2D eigenvalue weighted by Crippen LogP contribution is -2.23. The van der Waals surface area contributed by atoms with Crippen molar-refractivity contribution < 1.29 is 23.1 Å². The van der Waals surface area contributed by atoms with Gasteiger partial charge in [-0.25, -0.2) is 13.1 Å². The summed E-state index contributed by atoms with van der Waals surface area (Å²) in [4.78, 5) is 24.1. The van der Waals surface area contributed by atoms with Crippen LogP contribution in [-0.4, -0.2) is 47.2 Å². The molecule has 0 saturated heterocycles. The summed E-state index contributed by atoms with van der Waals surface area (Å²) in [6.45, 7) is 0.364. The number of rotatable bonds is 10. The molecule has 0 atom stereocenters. The zero-order chi connectivity index (χ0) is 26.6. The fourth-order valence-corrected chi connectivity index (χ4v) is 4.71. The van der Waals surface area contributed by atoms with Crippen molar-refractivity contribution in [2.75, 3.05) is 12.8 Å². The molecule has 2 N–H and O–H groups in total. The second-order valence-corrected chi connectivity index (χ2v) is 11.0. The van der Waals surface area contributed by atoms with Crippen LogP contribution in [0.5, 0.6) is 0 Å². The number of aromatic nitrogens is 1. The summed E-state index contributed by atoms with van der Waals surface area (Å²) in [5.74, 6) is -1.28. The van der Waals surface area contributed by atoms with Crippen molar-refractivity contribution >= 4 is 44.6 Å². The molecule has 0 unspecified atom stereocenters. The fraction of sp³-hybridized carbons (Fsp3) is 0.185. The minimum absolute atomic E-state index is 0.000487. The predicted molar refractivity (Wildman–Crippen MR) is 143 cm³/mol. The zero-order valence-electron chi connectivity index (χ0n) is 20.1. The van der Waals surface area contributed by atoms with Crippen molar-refractivity contribution in [3.63, 3.8) is 0 Å². The van der Waals surface area contributed by atoms with E-state index in [-0.39, 0.29) is 18.9 Å². The number of fused-ring (bicyclic) bond motifs is 1. The Morgan fingerprint density at radius 2 is 1.76 bits per heavy atom. The van der Waals surface area contributed by atoms with E-state index >= 15 is 0 Å². The maximum atomic E-state index is 12.9. The summed E-state index contributed by atoms with van der Waals surface area (Å²) in [6.07, 6.45) is 3.35. The Balaban J connectivity index is 1.60. The van der Waals surface area contributed by atoms with Gasteiger partial charge < -0.3 is 9.67 Å². The summed E-state index contributed by atoms with van der Waals surface area (Å²) in [5, 5.41) is 9.96. The van der Waals surface area contributed by atoms with Crippen LogP contribution in [0.15, 0.2) is 79.0 Å². The number of amides is 1. The number of carboxylic acid groups (broad SMARTS) is 1. The lowest BCUT2D eigenvalue weighted by Gasteiger charge is -2.15. The first-order valence-electron chi connectivity index (χ1n) is 11.5. The van der Waals surface area contributed by atoms with Crippen LogP contribution in [0, 0.1) is 0 Å². The number of carboxylic acids is 1. The maximum Gasteiger partial charge on any atom is 0.307 e. The molecule has 0 fully saturated rings.